The Hall–Kier alpha value is -3.62. The van der Waals surface area contributed by atoms with Crippen molar-refractivity contribution < 1.29 is 19.1 Å². The van der Waals surface area contributed by atoms with E-state index in [9.17, 15) is 9.59 Å². The van der Waals surface area contributed by atoms with Crippen LogP contribution < -0.4 is 19.7 Å². The maximum Gasteiger partial charge on any atom is 0.248 e. The van der Waals surface area contributed by atoms with Crippen molar-refractivity contribution >= 4 is 51.8 Å². The fourth-order valence-corrected chi connectivity index (χ4v) is 6.05. The van der Waals surface area contributed by atoms with Crippen LogP contribution in [0.4, 0.5) is 5.69 Å². The molecular weight excluding hydrogens is 510 g/mol. The summed E-state index contributed by atoms with van der Waals surface area (Å²) in [5, 5.41) is 5.27. The number of aryl methyl sites for hydroxylation is 1. The molecule has 1 aliphatic heterocycles. The van der Waals surface area contributed by atoms with Gasteiger partial charge in [0, 0.05) is 40.6 Å². The maximum atomic E-state index is 14.1. The molecule has 0 fully saturated rings. The molecule has 2 amide bonds. The minimum Gasteiger partial charge on any atom is -0.496 e. The Kier molecular flexibility index (Phi) is 7.04. The van der Waals surface area contributed by atoms with Crippen LogP contribution in [0.3, 0.4) is 0 Å². The quantitative estimate of drug-likeness (QED) is 0.360. The summed E-state index contributed by atoms with van der Waals surface area (Å²) in [4.78, 5) is 29.3. The average Bonchev–Trinajstić information content (AvgIpc) is 3.09. The minimum absolute atomic E-state index is 0.156. The van der Waals surface area contributed by atoms with Crippen LogP contribution in [-0.4, -0.2) is 36.4 Å². The van der Waals surface area contributed by atoms with Crippen molar-refractivity contribution in [3.63, 3.8) is 0 Å². The molecule has 5 rings (SSSR count). The average molecular weight is 536 g/mol. The summed E-state index contributed by atoms with van der Waals surface area (Å²) in [5.74, 6) is 0.747. The third kappa shape index (κ3) is 4.51. The van der Waals surface area contributed by atoms with E-state index >= 15 is 0 Å². The number of carbonyl (C=O) groups excluding carboxylic acids is 2. The number of nitrogens with one attached hydrogen (secondary N) is 1. The van der Waals surface area contributed by atoms with Gasteiger partial charge in [-0.15, -0.1) is 0 Å². The van der Waals surface area contributed by atoms with Crippen LogP contribution in [-0.2, 0) is 23.2 Å². The lowest BCUT2D eigenvalue weighted by molar-refractivity contribution is -0.125. The molecule has 190 valence electrons. The van der Waals surface area contributed by atoms with Crippen LogP contribution in [0.15, 0.2) is 71.8 Å². The molecule has 0 bridgehead atoms. The normalized spacial score (nSPS) is 15.3. The lowest BCUT2D eigenvalue weighted by Crippen LogP contribution is -2.44. The topological polar surface area (TPSA) is 72.8 Å². The highest BCUT2D eigenvalue weighted by Gasteiger charge is 2.40. The molecule has 0 unspecified atom stereocenters. The number of amides is 2. The van der Waals surface area contributed by atoms with Crippen molar-refractivity contribution in [3.05, 3.63) is 82.9 Å². The summed E-state index contributed by atoms with van der Waals surface area (Å²) >= 11 is 7.79. The van der Waals surface area contributed by atoms with Gasteiger partial charge < -0.3 is 19.4 Å². The van der Waals surface area contributed by atoms with Crippen LogP contribution in [0.25, 0.3) is 10.9 Å². The molecule has 1 aromatic heterocycles. The fraction of sp³-hybridized carbons (Fsp3) is 0.214. The van der Waals surface area contributed by atoms with Crippen molar-refractivity contribution in [2.75, 3.05) is 24.9 Å². The van der Waals surface area contributed by atoms with Gasteiger partial charge >= 0.3 is 0 Å². The Morgan fingerprint density at radius 3 is 2.57 bits per heavy atom. The van der Waals surface area contributed by atoms with E-state index in [1.54, 1.807) is 25.3 Å². The first-order chi connectivity index (χ1) is 17.9. The fourth-order valence-electron chi connectivity index (χ4n) is 4.81. The van der Waals surface area contributed by atoms with Crippen molar-refractivity contribution in [3.8, 4) is 11.5 Å². The molecule has 1 N–H and O–H groups in total. The number of carbonyl (C=O) groups is 2. The van der Waals surface area contributed by atoms with E-state index in [4.69, 9.17) is 21.1 Å². The standard InChI is InChI=1S/C28H26ClN3O4S/c1-31-20-10-6-5-9-19(20)25-26(27(34)30-15-17-8-4-7-11-22(17)35-2)32(24(33)16-37-28(25)31)21-14-18(29)12-13-23(21)36-3/h4-14,26H,15-16H2,1-3H3,(H,30,34)/t26-/m1/s1. The summed E-state index contributed by atoms with van der Waals surface area (Å²) in [6.07, 6.45) is 0. The largest absolute Gasteiger partial charge is 0.496 e. The predicted octanol–water partition coefficient (Wildman–Crippen LogP) is 5.35. The number of aromatic nitrogens is 1. The molecule has 1 atom stereocenters. The Morgan fingerprint density at radius 1 is 1.05 bits per heavy atom. The third-order valence-electron chi connectivity index (χ3n) is 6.52. The van der Waals surface area contributed by atoms with Gasteiger partial charge in [-0.2, -0.15) is 0 Å². The van der Waals surface area contributed by atoms with E-state index in [1.165, 1.54) is 23.8 Å². The second-order valence-electron chi connectivity index (χ2n) is 8.60. The third-order valence-corrected chi connectivity index (χ3v) is 7.91. The number of nitrogens with zero attached hydrogens (tertiary/aromatic N) is 2. The molecule has 4 aromatic rings. The van der Waals surface area contributed by atoms with Crippen LogP contribution in [0.5, 0.6) is 11.5 Å². The van der Waals surface area contributed by atoms with Crippen molar-refractivity contribution in [2.24, 2.45) is 7.05 Å². The van der Waals surface area contributed by atoms with Gasteiger partial charge in [-0.05, 0) is 30.3 Å². The molecule has 37 heavy (non-hydrogen) atoms. The van der Waals surface area contributed by atoms with Gasteiger partial charge in [0.15, 0.2) is 0 Å². The van der Waals surface area contributed by atoms with Gasteiger partial charge in [0.05, 0.1) is 30.7 Å². The molecule has 3 aromatic carbocycles. The number of fused-ring (bicyclic) bond motifs is 3. The number of hydrogen-bond acceptors (Lipinski definition) is 5. The Labute approximate surface area is 224 Å². The molecular formula is C28H26ClN3O4S. The number of benzene rings is 3. The molecule has 9 heteroatoms. The van der Waals surface area contributed by atoms with Gasteiger partial charge in [0.2, 0.25) is 11.8 Å². The number of rotatable bonds is 6. The maximum absolute atomic E-state index is 14.1. The van der Waals surface area contributed by atoms with Gasteiger partial charge in [0.25, 0.3) is 0 Å². The first kappa shape index (κ1) is 25.0. The van der Waals surface area contributed by atoms with Crippen LogP contribution in [0, 0.1) is 0 Å². The molecule has 0 saturated heterocycles. The van der Waals surface area contributed by atoms with E-state index in [0.29, 0.717) is 22.2 Å². The van der Waals surface area contributed by atoms with Crippen LogP contribution in [0.2, 0.25) is 5.02 Å². The highest BCUT2D eigenvalue weighted by Crippen LogP contribution is 2.45. The second kappa shape index (κ2) is 10.4. The zero-order chi connectivity index (χ0) is 26.1. The first-order valence-electron chi connectivity index (χ1n) is 11.7. The molecule has 1 aliphatic rings. The molecule has 0 radical (unpaired) electrons. The summed E-state index contributed by atoms with van der Waals surface area (Å²) in [7, 11) is 5.08. The smallest absolute Gasteiger partial charge is 0.248 e. The lowest BCUT2D eigenvalue weighted by atomic mass is 10.0. The lowest BCUT2D eigenvalue weighted by Gasteiger charge is -2.31. The van der Waals surface area contributed by atoms with Crippen molar-refractivity contribution in [1.82, 2.24) is 9.88 Å². The number of hydrogen-bond donors (Lipinski definition) is 1. The van der Waals surface area contributed by atoms with Crippen LogP contribution >= 0.6 is 23.4 Å². The SMILES string of the molecule is COc1ccccc1CNC(=O)[C@H]1c2c(n(C)c3ccccc23)SCC(=O)N1c1cc(Cl)ccc1OC. The van der Waals surface area contributed by atoms with E-state index in [1.807, 2.05) is 60.1 Å². The van der Waals surface area contributed by atoms with E-state index in [0.717, 1.165) is 27.1 Å². The van der Waals surface area contributed by atoms with Gasteiger partial charge in [-0.25, -0.2) is 0 Å². The van der Waals surface area contributed by atoms with Crippen LogP contribution in [0.1, 0.15) is 17.2 Å². The summed E-state index contributed by atoms with van der Waals surface area (Å²) in [5.41, 5.74) is 3.03. The van der Waals surface area contributed by atoms with Gasteiger partial charge in [0.1, 0.15) is 17.5 Å². The monoisotopic (exact) mass is 535 g/mol. The van der Waals surface area contributed by atoms with Crippen molar-refractivity contribution in [1.29, 1.82) is 0 Å². The molecule has 7 nitrogen and oxygen atoms in total. The Morgan fingerprint density at radius 2 is 1.78 bits per heavy atom. The number of halogens is 1. The second-order valence-corrected chi connectivity index (χ2v) is 10.00. The van der Waals surface area contributed by atoms with Gasteiger partial charge in [-0.3, -0.25) is 14.5 Å². The zero-order valence-corrected chi connectivity index (χ0v) is 22.2. The number of thioether (sulfide) groups is 1. The molecule has 0 aliphatic carbocycles. The van der Waals surface area contributed by atoms with Crippen molar-refractivity contribution in [2.45, 2.75) is 17.6 Å². The first-order valence-corrected chi connectivity index (χ1v) is 13.1. The number of methoxy groups -OCH3 is 2. The van der Waals surface area contributed by atoms with E-state index in [-0.39, 0.29) is 24.1 Å². The minimum atomic E-state index is -0.953. The predicted molar refractivity (Wildman–Crippen MR) is 147 cm³/mol. The Balaban J connectivity index is 1.68. The highest BCUT2D eigenvalue weighted by molar-refractivity contribution is 8.00. The van der Waals surface area contributed by atoms with Gasteiger partial charge in [-0.1, -0.05) is 59.8 Å². The number of ether oxygens (including phenoxy) is 2. The van der Waals surface area contributed by atoms with E-state index < -0.39 is 6.04 Å². The zero-order valence-electron chi connectivity index (χ0n) is 20.7. The molecule has 0 saturated carbocycles. The highest BCUT2D eigenvalue weighted by atomic mass is 35.5. The molecule has 0 spiro atoms. The summed E-state index contributed by atoms with van der Waals surface area (Å²) in [6, 6.07) is 19.5. The summed E-state index contributed by atoms with van der Waals surface area (Å²) in [6.45, 7) is 0.237. The number of anilines is 1. The number of para-hydroxylation sites is 2. The summed E-state index contributed by atoms with van der Waals surface area (Å²) < 4.78 is 13.1. The van der Waals surface area contributed by atoms with E-state index in [2.05, 4.69) is 5.32 Å². The molecule has 2 heterocycles. The Bertz CT molecular complexity index is 1500.